The number of fused-ring (bicyclic) bond motifs is 1. The third-order valence-electron chi connectivity index (χ3n) is 2.44. The lowest BCUT2D eigenvalue weighted by Gasteiger charge is -2.01. The van der Waals surface area contributed by atoms with E-state index in [-0.39, 0.29) is 5.84 Å². The van der Waals surface area contributed by atoms with Crippen LogP contribution < -0.4 is 5.73 Å². The standard InChI is InChI=1S/C11H14N4/c1-7-3-4-15-9(6-10(12)13)8(2)14-11(15)5-7/h3-5H,6H2,1-2H3,(H3,12,13). The Kier molecular flexibility index (Phi) is 2.19. The minimum Gasteiger partial charge on any atom is -0.387 e. The lowest BCUT2D eigenvalue weighted by Crippen LogP contribution is -2.14. The first-order valence-electron chi connectivity index (χ1n) is 4.85. The number of nitrogens with zero attached hydrogens (tertiary/aromatic N) is 2. The molecule has 0 amide bonds. The summed E-state index contributed by atoms with van der Waals surface area (Å²) < 4.78 is 1.99. The number of pyridine rings is 1. The van der Waals surface area contributed by atoms with Gasteiger partial charge in [0.1, 0.15) is 5.65 Å². The normalized spacial score (nSPS) is 10.8. The van der Waals surface area contributed by atoms with E-state index in [0.29, 0.717) is 6.42 Å². The van der Waals surface area contributed by atoms with Gasteiger partial charge in [0, 0.05) is 12.6 Å². The highest BCUT2D eigenvalue weighted by Gasteiger charge is 2.09. The van der Waals surface area contributed by atoms with Crippen molar-refractivity contribution >= 4 is 11.5 Å². The number of aryl methyl sites for hydroxylation is 2. The van der Waals surface area contributed by atoms with Crippen molar-refractivity contribution in [3.63, 3.8) is 0 Å². The van der Waals surface area contributed by atoms with E-state index >= 15 is 0 Å². The Bertz CT molecular complexity index is 525. The van der Waals surface area contributed by atoms with Crippen molar-refractivity contribution in [2.45, 2.75) is 20.3 Å². The molecule has 0 saturated carbocycles. The monoisotopic (exact) mass is 202 g/mol. The van der Waals surface area contributed by atoms with Gasteiger partial charge in [-0.15, -0.1) is 0 Å². The third-order valence-corrected chi connectivity index (χ3v) is 2.44. The lowest BCUT2D eigenvalue weighted by atomic mass is 10.2. The molecule has 4 heteroatoms. The molecule has 0 radical (unpaired) electrons. The van der Waals surface area contributed by atoms with Crippen LogP contribution in [-0.2, 0) is 6.42 Å². The van der Waals surface area contributed by atoms with Gasteiger partial charge in [-0.2, -0.15) is 0 Å². The molecule has 3 N–H and O–H groups in total. The molecule has 0 atom stereocenters. The largest absolute Gasteiger partial charge is 0.387 e. The van der Waals surface area contributed by atoms with E-state index in [2.05, 4.69) is 4.98 Å². The van der Waals surface area contributed by atoms with Crippen LogP contribution in [0.25, 0.3) is 5.65 Å². The zero-order chi connectivity index (χ0) is 11.0. The molecular weight excluding hydrogens is 188 g/mol. The number of hydrogen-bond acceptors (Lipinski definition) is 2. The predicted octanol–water partition coefficient (Wildman–Crippen LogP) is 1.43. The van der Waals surface area contributed by atoms with Gasteiger partial charge in [0.25, 0.3) is 0 Å². The van der Waals surface area contributed by atoms with Crippen LogP contribution in [0.15, 0.2) is 18.3 Å². The number of imidazole rings is 1. The maximum atomic E-state index is 7.32. The first-order valence-corrected chi connectivity index (χ1v) is 4.85. The molecule has 2 rings (SSSR count). The van der Waals surface area contributed by atoms with E-state index in [0.717, 1.165) is 17.0 Å². The Morgan fingerprint density at radius 2 is 2.27 bits per heavy atom. The van der Waals surface area contributed by atoms with E-state index < -0.39 is 0 Å². The summed E-state index contributed by atoms with van der Waals surface area (Å²) >= 11 is 0. The Balaban J connectivity index is 2.63. The number of amidine groups is 1. The molecule has 0 fully saturated rings. The fraction of sp³-hybridized carbons (Fsp3) is 0.273. The van der Waals surface area contributed by atoms with Crippen LogP contribution in [0, 0.1) is 19.3 Å². The maximum absolute atomic E-state index is 7.32. The Labute approximate surface area is 88.3 Å². The van der Waals surface area contributed by atoms with Gasteiger partial charge in [-0.25, -0.2) is 4.98 Å². The topological polar surface area (TPSA) is 67.2 Å². The minimum absolute atomic E-state index is 0.167. The molecule has 2 aromatic rings. The molecule has 78 valence electrons. The van der Waals surface area contributed by atoms with Crippen LogP contribution in [0.2, 0.25) is 0 Å². The summed E-state index contributed by atoms with van der Waals surface area (Å²) in [7, 11) is 0. The van der Waals surface area contributed by atoms with E-state index in [1.165, 1.54) is 5.56 Å². The fourth-order valence-corrected chi connectivity index (χ4v) is 1.71. The summed E-state index contributed by atoms with van der Waals surface area (Å²) in [5.74, 6) is 0.167. The molecular formula is C11H14N4. The van der Waals surface area contributed by atoms with Crippen molar-refractivity contribution in [3.05, 3.63) is 35.3 Å². The van der Waals surface area contributed by atoms with Crippen LogP contribution >= 0.6 is 0 Å². The summed E-state index contributed by atoms with van der Waals surface area (Å²) in [6.45, 7) is 3.98. The first kappa shape index (κ1) is 9.71. The molecule has 0 aliphatic heterocycles. The van der Waals surface area contributed by atoms with Crippen LogP contribution in [0.5, 0.6) is 0 Å². The van der Waals surface area contributed by atoms with Gasteiger partial charge in [-0.05, 0) is 31.5 Å². The SMILES string of the molecule is Cc1ccn2c(CC(=N)N)c(C)nc2c1. The van der Waals surface area contributed by atoms with Crippen molar-refractivity contribution in [2.24, 2.45) is 5.73 Å². The number of aromatic nitrogens is 2. The predicted molar refractivity (Wildman–Crippen MR) is 60.3 cm³/mol. The van der Waals surface area contributed by atoms with E-state index in [1.54, 1.807) is 0 Å². The first-order chi connectivity index (χ1) is 7.08. The molecule has 4 nitrogen and oxygen atoms in total. The van der Waals surface area contributed by atoms with E-state index in [4.69, 9.17) is 11.1 Å². The zero-order valence-corrected chi connectivity index (χ0v) is 8.91. The van der Waals surface area contributed by atoms with Crippen molar-refractivity contribution in [2.75, 3.05) is 0 Å². The highest BCUT2D eigenvalue weighted by atomic mass is 15.0. The maximum Gasteiger partial charge on any atom is 0.137 e. The number of rotatable bonds is 2. The fourth-order valence-electron chi connectivity index (χ4n) is 1.71. The van der Waals surface area contributed by atoms with Crippen molar-refractivity contribution < 1.29 is 0 Å². The molecule has 0 aliphatic rings. The van der Waals surface area contributed by atoms with Crippen molar-refractivity contribution in [1.29, 1.82) is 5.41 Å². The highest BCUT2D eigenvalue weighted by molar-refractivity contribution is 5.79. The van der Waals surface area contributed by atoms with Gasteiger partial charge in [0.2, 0.25) is 0 Å². The van der Waals surface area contributed by atoms with Gasteiger partial charge in [0.05, 0.1) is 17.2 Å². The van der Waals surface area contributed by atoms with Crippen LogP contribution in [0.3, 0.4) is 0 Å². The van der Waals surface area contributed by atoms with Gasteiger partial charge >= 0.3 is 0 Å². The van der Waals surface area contributed by atoms with Gasteiger partial charge in [-0.1, -0.05) is 0 Å². The quantitative estimate of drug-likeness (QED) is 0.571. The summed E-state index contributed by atoms with van der Waals surface area (Å²) in [5, 5.41) is 7.32. The minimum atomic E-state index is 0.167. The second-order valence-electron chi connectivity index (χ2n) is 3.78. The second-order valence-corrected chi connectivity index (χ2v) is 3.78. The third kappa shape index (κ3) is 1.70. The zero-order valence-electron chi connectivity index (χ0n) is 8.91. The number of hydrogen-bond donors (Lipinski definition) is 2. The molecule has 0 saturated heterocycles. The average molecular weight is 202 g/mol. The second kappa shape index (κ2) is 3.38. The van der Waals surface area contributed by atoms with Crippen LogP contribution in [0.4, 0.5) is 0 Å². The van der Waals surface area contributed by atoms with Crippen molar-refractivity contribution in [1.82, 2.24) is 9.38 Å². The van der Waals surface area contributed by atoms with Crippen molar-refractivity contribution in [3.8, 4) is 0 Å². The Morgan fingerprint density at radius 1 is 1.53 bits per heavy atom. The number of nitrogens with two attached hydrogens (primary N) is 1. The molecule has 0 spiro atoms. The summed E-state index contributed by atoms with van der Waals surface area (Å²) in [5.41, 5.74) is 9.46. The Morgan fingerprint density at radius 3 is 2.93 bits per heavy atom. The molecule has 15 heavy (non-hydrogen) atoms. The number of nitrogens with one attached hydrogen (secondary N) is 1. The van der Waals surface area contributed by atoms with Gasteiger partial charge in [-0.3, -0.25) is 5.41 Å². The van der Waals surface area contributed by atoms with E-state index in [9.17, 15) is 0 Å². The lowest BCUT2D eigenvalue weighted by molar-refractivity contribution is 1.04. The average Bonchev–Trinajstić information content (AvgIpc) is 2.41. The Hall–Kier alpha value is -1.84. The summed E-state index contributed by atoms with van der Waals surface area (Å²) in [4.78, 5) is 4.44. The molecule has 0 bridgehead atoms. The molecule has 0 aromatic carbocycles. The summed E-state index contributed by atoms with van der Waals surface area (Å²) in [6, 6.07) is 4.05. The highest BCUT2D eigenvalue weighted by Crippen LogP contribution is 2.13. The van der Waals surface area contributed by atoms with Crippen LogP contribution in [0.1, 0.15) is 17.0 Å². The molecule has 2 heterocycles. The van der Waals surface area contributed by atoms with Gasteiger partial charge < -0.3 is 10.1 Å². The molecule has 2 aromatic heterocycles. The molecule has 0 aliphatic carbocycles. The van der Waals surface area contributed by atoms with E-state index in [1.807, 2.05) is 36.6 Å². The van der Waals surface area contributed by atoms with Crippen LogP contribution in [-0.4, -0.2) is 15.2 Å². The van der Waals surface area contributed by atoms with Gasteiger partial charge in [0.15, 0.2) is 0 Å². The summed E-state index contributed by atoms with van der Waals surface area (Å²) in [6.07, 6.45) is 2.43. The smallest absolute Gasteiger partial charge is 0.137 e. The molecule has 0 unspecified atom stereocenters.